The summed E-state index contributed by atoms with van der Waals surface area (Å²) in [6, 6.07) is 4.02. The molecule has 0 atom stereocenters. The highest BCUT2D eigenvalue weighted by atomic mass is 15.1. The molecule has 3 nitrogen and oxygen atoms in total. The maximum absolute atomic E-state index is 4.30. The number of aromatic nitrogens is 3. The van der Waals surface area contributed by atoms with Crippen LogP contribution in [0.2, 0.25) is 0 Å². The van der Waals surface area contributed by atoms with Crippen molar-refractivity contribution in [3.05, 3.63) is 30.2 Å². The van der Waals surface area contributed by atoms with E-state index in [-0.39, 0.29) is 0 Å². The van der Waals surface area contributed by atoms with Crippen LogP contribution in [0.3, 0.4) is 0 Å². The van der Waals surface area contributed by atoms with Gasteiger partial charge in [0.05, 0.1) is 12.4 Å². The van der Waals surface area contributed by atoms with Crippen LogP contribution in [0, 0.1) is 0 Å². The van der Waals surface area contributed by atoms with Gasteiger partial charge in [0, 0.05) is 11.1 Å². The van der Waals surface area contributed by atoms with Crippen LogP contribution in [0.5, 0.6) is 0 Å². The molecule has 2 aromatic rings. The van der Waals surface area contributed by atoms with Crippen molar-refractivity contribution in [2.45, 2.75) is 19.8 Å². The van der Waals surface area contributed by atoms with Gasteiger partial charge in [-0.05, 0) is 18.1 Å². The van der Waals surface area contributed by atoms with Gasteiger partial charge in [-0.1, -0.05) is 13.8 Å². The Labute approximate surface area is 76.8 Å². The highest BCUT2D eigenvalue weighted by molar-refractivity contribution is 5.76. The monoisotopic (exact) mass is 173 g/mol. The summed E-state index contributed by atoms with van der Waals surface area (Å²) >= 11 is 0. The van der Waals surface area contributed by atoms with Gasteiger partial charge >= 0.3 is 0 Å². The molecule has 0 fully saturated rings. The van der Waals surface area contributed by atoms with Crippen molar-refractivity contribution in [3.8, 4) is 0 Å². The lowest BCUT2D eigenvalue weighted by Gasteiger charge is -2.03. The van der Waals surface area contributed by atoms with Crippen molar-refractivity contribution in [3.63, 3.8) is 0 Å². The molecule has 0 aliphatic carbocycles. The van der Waals surface area contributed by atoms with Crippen molar-refractivity contribution >= 4 is 10.9 Å². The minimum Gasteiger partial charge on any atom is -0.259 e. The minimum absolute atomic E-state index is 0.456. The minimum atomic E-state index is 0.456. The Morgan fingerprint density at radius 3 is 2.92 bits per heavy atom. The molecule has 2 aromatic heterocycles. The van der Waals surface area contributed by atoms with E-state index < -0.39 is 0 Å². The molecule has 0 unspecified atom stereocenters. The first-order valence-electron chi connectivity index (χ1n) is 4.35. The number of nitrogens with zero attached hydrogens (tertiary/aromatic N) is 3. The predicted molar refractivity (Wildman–Crippen MR) is 51.4 cm³/mol. The van der Waals surface area contributed by atoms with E-state index in [2.05, 4.69) is 35.1 Å². The third-order valence-corrected chi connectivity index (χ3v) is 2.01. The molecular formula is C10H11N3. The van der Waals surface area contributed by atoms with E-state index in [4.69, 9.17) is 0 Å². The molecule has 2 rings (SSSR count). The number of fused-ring (bicyclic) bond motifs is 1. The molecule has 0 bridgehead atoms. The summed E-state index contributed by atoms with van der Waals surface area (Å²) in [5.41, 5.74) is 1.95. The fourth-order valence-electron chi connectivity index (χ4n) is 1.22. The normalized spacial score (nSPS) is 11.0. The van der Waals surface area contributed by atoms with E-state index in [1.54, 1.807) is 12.4 Å². The number of pyridine rings is 1. The molecule has 3 heteroatoms. The number of hydrogen-bond acceptors (Lipinski definition) is 3. The van der Waals surface area contributed by atoms with Crippen molar-refractivity contribution in [2.75, 3.05) is 0 Å². The first kappa shape index (κ1) is 8.10. The fraction of sp³-hybridized carbons (Fsp3) is 0.300. The van der Waals surface area contributed by atoms with Gasteiger partial charge in [-0.3, -0.25) is 4.98 Å². The molecule has 0 N–H and O–H groups in total. The average molecular weight is 173 g/mol. The lowest BCUT2D eigenvalue weighted by Crippen LogP contribution is -1.93. The van der Waals surface area contributed by atoms with E-state index in [0.717, 1.165) is 16.6 Å². The number of rotatable bonds is 1. The molecule has 2 heterocycles. The van der Waals surface area contributed by atoms with E-state index in [0.29, 0.717) is 5.92 Å². The predicted octanol–water partition coefficient (Wildman–Crippen LogP) is 2.15. The molecule has 0 radical (unpaired) electrons. The largest absolute Gasteiger partial charge is 0.259 e. The molecule has 0 aliphatic rings. The molecule has 0 amide bonds. The van der Waals surface area contributed by atoms with Crippen LogP contribution in [-0.4, -0.2) is 15.2 Å². The van der Waals surface area contributed by atoms with Crippen LogP contribution in [0.1, 0.15) is 25.5 Å². The second kappa shape index (κ2) is 3.09. The molecule has 66 valence electrons. The first-order chi connectivity index (χ1) is 6.27. The van der Waals surface area contributed by atoms with Gasteiger partial charge in [-0.2, -0.15) is 5.10 Å². The smallest absolute Gasteiger partial charge is 0.111 e. The lowest BCUT2D eigenvalue weighted by atomic mass is 10.1. The van der Waals surface area contributed by atoms with E-state index in [9.17, 15) is 0 Å². The van der Waals surface area contributed by atoms with Crippen molar-refractivity contribution in [2.24, 2.45) is 0 Å². The van der Waals surface area contributed by atoms with Crippen LogP contribution in [0.15, 0.2) is 24.5 Å². The van der Waals surface area contributed by atoms with Gasteiger partial charge in [0.2, 0.25) is 0 Å². The van der Waals surface area contributed by atoms with Gasteiger partial charge in [-0.25, -0.2) is 0 Å². The Morgan fingerprint density at radius 1 is 1.31 bits per heavy atom. The van der Waals surface area contributed by atoms with Gasteiger partial charge in [0.15, 0.2) is 0 Å². The average Bonchev–Trinajstić information content (AvgIpc) is 2.17. The Balaban J connectivity index is 2.62. The zero-order valence-electron chi connectivity index (χ0n) is 7.73. The SMILES string of the molecule is CC(C)c1cc2ccnnc2cn1. The maximum atomic E-state index is 4.30. The number of hydrogen-bond donors (Lipinski definition) is 0. The van der Waals surface area contributed by atoms with Crippen LogP contribution >= 0.6 is 0 Å². The second-order valence-corrected chi connectivity index (χ2v) is 3.35. The van der Waals surface area contributed by atoms with Crippen molar-refractivity contribution in [1.82, 2.24) is 15.2 Å². The van der Waals surface area contributed by atoms with Gasteiger partial charge in [0.1, 0.15) is 5.52 Å². The summed E-state index contributed by atoms with van der Waals surface area (Å²) in [6.45, 7) is 4.26. The molecule has 0 aliphatic heterocycles. The summed E-state index contributed by atoms with van der Waals surface area (Å²) in [5, 5.41) is 8.87. The summed E-state index contributed by atoms with van der Waals surface area (Å²) in [6.07, 6.45) is 3.48. The van der Waals surface area contributed by atoms with Crippen molar-refractivity contribution < 1.29 is 0 Å². The zero-order valence-corrected chi connectivity index (χ0v) is 7.73. The Kier molecular flexibility index (Phi) is 1.93. The highest BCUT2D eigenvalue weighted by Crippen LogP contribution is 2.16. The fourth-order valence-corrected chi connectivity index (χ4v) is 1.22. The van der Waals surface area contributed by atoms with E-state index in [1.165, 1.54) is 0 Å². The van der Waals surface area contributed by atoms with Crippen LogP contribution in [-0.2, 0) is 0 Å². The molecule has 0 saturated carbocycles. The van der Waals surface area contributed by atoms with Gasteiger partial charge in [-0.15, -0.1) is 5.10 Å². The third kappa shape index (κ3) is 1.49. The second-order valence-electron chi connectivity index (χ2n) is 3.35. The van der Waals surface area contributed by atoms with Crippen LogP contribution in [0.4, 0.5) is 0 Å². The summed E-state index contributed by atoms with van der Waals surface area (Å²) < 4.78 is 0. The summed E-state index contributed by atoms with van der Waals surface area (Å²) in [7, 11) is 0. The lowest BCUT2D eigenvalue weighted by molar-refractivity contribution is 0.825. The molecule has 0 aromatic carbocycles. The van der Waals surface area contributed by atoms with Crippen LogP contribution < -0.4 is 0 Å². The molecule has 0 saturated heterocycles. The molecule has 13 heavy (non-hydrogen) atoms. The Hall–Kier alpha value is -1.51. The Bertz CT molecular complexity index is 423. The summed E-state index contributed by atoms with van der Waals surface area (Å²) in [4.78, 5) is 4.30. The molecule has 0 spiro atoms. The maximum Gasteiger partial charge on any atom is 0.111 e. The topological polar surface area (TPSA) is 38.7 Å². The van der Waals surface area contributed by atoms with Crippen LogP contribution in [0.25, 0.3) is 10.9 Å². The highest BCUT2D eigenvalue weighted by Gasteiger charge is 2.01. The quantitative estimate of drug-likeness (QED) is 0.663. The Morgan fingerprint density at radius 2 is 2.15 bits per heavy atom. The zero-order chi connectivity index (χ0) is 9.26. The third-order valence-electron chi connectivity index (χ3n) is 2.01. The van der Waals surface area contributed by atoms with E-state index in [1.807, 2.05) is 6.07 Å². The van der Waals surface area contributed by atoms with Gasteiger partial charge in [0.25, 0.3) is 0 Å². The van der Waals surface area contributed by atoms with E-state index >= 15 is 0 Å². The van der Waals surface area contributed by atoms with Gasteiger partial charge < -0.3 is 0 Å². The summed E-state index contributed by atoms with van der Waals surface area (Å²) in [5.74, 6) is 0.456. The standard InChI is InChI=1S/C10H11N3/c1-7(2)9-5-8-3-4-12-13-10(8)6-11-9/h3-7H,1-2H3. The molecular weight excluding hydrogens is 162 g/mol. The first-order valence-corrected chi connectivity index (χ1v) is 4.35. The van der Waals surface area contributed by atoms with Crippen molar-refractivity contribution in [1.29, 1.82) is 0 Å².